The van der Waals surface area contributed by atoms with Crippen molar-refractivity contribution in [2.24, 2.45) is 0 Å². The monoisotopic (exact) mass is 534 g/mol. The van der Waals surface area contributed by atoms with E-state index in [0.29, 0.717) is 12.4 Å². The zero-order chi connectivity index (χ0) is 27.2. The molecule has 1 aromatic heterocycles. The topological polar surface area (TPSA) is 64.4 Å². The normalized spacial score (nSPS) is 10.8. The van der Waals surface area contributed by atoms with Crippen LogP contribution in [0.2, 0.25) is 0 Å². The van der Waals surface area contributed by atoms with Gasteiger partial charge in [0.25, 0.3) is 5.91 Å². The quantitative estimate of drug-likeness (QED) is 0.192. The molecule has 0 aliphatic carbocycles. The largest absolute Gasteiger partial charge is 0.489 e. The summed E-state index contributed by atoms with van der Waals surface area (Å²) < 4.78 is 11.4. The molecule has 0 radical (unpaired) electrons. The van der Waals surface area contributed by atoms with E-state index in [1.807, 2.05) is 60.7 Å². The molecular formula is C33H30N2O3S. The van der Waals surface area contributed by atoms with Crippen LogP contribution in [0.1, 0.15) is 38.3 Å². The Balaban J connectivity index is 1.21. The van der Waals surface area contributed by atoms with E-state index in [-0.39, 0.29) is 11.6 Å². The molecular weight excluding hydrogens is 504 g/mol. The number of ether oxygens (including phenoxy) is 1. The highest BCUT2D eigenvalue weighted by atomic mass is 32.2. The van der Waals surface area contributed by atoms with Gasteiger partial charge in [0.05, 0.1) is 5.69 Å². The Hall–Kier alpha value is -4.29. The maximum atomic E-state index is 13.0. The van der Waals surface area contributed by atoms with Crippen molar-refractivity contribution < 1.29 is 14.1 Å². The number of hydrogen-bond donors (Lipinski definition) is 1. The number of nitrogens with one attached hydrogen (secondary N) is 1. The number of aryl methyl sites for hydroxylation is 3. The minimum atomic E-state index is -0.317. The van der Waals surface area contributed by atoms with Crippen LogP contribution in [0.4, 0.5) is 5.69 Å². The molecule has 39 heavy (non-hydrogen) atoms. The minimum Gasteiger partial charge on any atom is -0.489 e. The van der Waals surface area contributed by atoms with E-state index < -0.39 is 0 Å². The summed E-state index contributed by atoms with van der Waals surface area (Å²) in [4.78, 5) is 14.0. The fourth-order valence-electron chi connectivity index (χ4n) is 4.36. The molecule has 1 amide bonds. The first-order chi connectivity index (χ1) is 18.9. The number of benzene rings is 4. The van der Waals surface area contributed by atoms with Crippen LogP contribution in [-0.4, -0.2) is 11.1 Å². The number of nitrogens with zero attached hydrogens (tertiary/aromatic N) is 1. The molecule has 4 aromatic carbocycles. The highest BCUT2D eigenvalue weighted by Crippen LogP contribution is 2.31. The summed E-state index contributed by atoms with van der Waals surface area (Å²) in [7, 11) is 0. The summed E-state index contributed by atoms with van der Waals surface area (Å²) in [5, 5.41) is 7.01. The van der Waals surface area contributed by atoms with Gasteiger partial charge in [0.15, 0.2) is 11.5 Å². The predicted octanol–water partition coefficient (Wildman–Crippen LogP) is 8.39. The number of carbonyl (C=O) groups excluding carboxylic acids is 1. The van der Waals surface area contributed by atoms with Crippen molar-refractivity contribution in [2.45, 2.75) is 38.0 Å². The number of hydrogen-bond acceptors (Lipinski definition) is 5. The summed E-state index contributed by atoms with van der Waals surface area (Å²) in [6, 6.07) is 31.8. The predicted molar refractivity (Wildman–Crippen MR) is 157 cm³/mol. The molecule has 0 fully saturated rings. The highest BCUT2D eigenvalue weighted by Gasteiger charge is 2.16. The van der Waals surface area contributed by atoms with Crippen molar-refractivity contribution in [1.29, 1.82) is 0 Å². The van der Waals surface area contributed by atoms with Gasteiger partial charge >= 0.3 is 0 Å². The Bertz CT molecular complexity index is 1570. The Morgan fingerprint density at radius 2 is 1.59 bits per heavy atom. The van der Waals surface area contributed by atoms with E-state index in [2.05, 4.69) is 61.6 Å². The summed E-state index contributed by atoms with van der Waals surface area (Å²) >= 11 is 1.69. The lowest BCUT2D eigenvalue weighted by molar-refractivity contribution is 0.101. The van der Waals surface area contributed by atoms with Gasteiger partial charge < -0.3 is 14.6 Å². The van der Waals surface area contributed by atoms with Crippen molar-refractivity contribution in [3.63, 3.8) is 0 Å². The van der Waals surface area contributed by atoms with Gasteiger partial charge in [-0.3, -0.25) is 4.79 Å². The van der Waals surface area contributed by atoms with Gasteiger partial charge in [0.1, 0.15) is 12.4 Å². The second-order valence-corrected chi connectivity index (χ2v) is 10.6. The zero-order valence-corrected chi connectivity index (χ0v) is 23.0. The van der Waals surface area contributed by atoms with E-state index in [1.54, 1.807) is 17.8 Å². The number of thioether (sulfide) groups is 1. The van der Waals surface area contributed by atoms with Crippen LogP contribution < -0.4 is 10.1 Å². The maximum Gasteiger partial charge on any atom is 0.277 e. The lowest BCUT2D eigenvalue weighted by Gasteiger charge is -2.10. The second kappa shape index (κ2) is 12.0. The van der Waals surface area contributed by atoms with Gasteiger partial charge in [0.2, 0.25) is 0 Å². The average Bonchev–Trinajstić information content (AvgIpc) is 3.43. The van der Waals surface area contributed by atoms with E-state index >= 15 is 0 Å². The van der Waals surface area contributed by atoms with Crippen molar-refractivity contribution in [1.82, 2.24) is 5.16 Å². The van der Waals surface area contributed by atoms with Crippen LogP contribution in [0.15, 0.2) is 106 Å². The number of para-hydroxylation sites is 1. The van der Waals surface area contributed by atoms with E-state index in [9.17, 15) is 4.79 Å². The number of anilines is 1. The first-order valence-electron chi connectivity index (χ1n) is 12.8. The number of carbonyl (C=O) groups is 1. The van der Waals surface area contributed by atoms with Gasteiger partial charge in [-0.15, -0.1) is 11.8 Å². The molecule has 0 bridgehead atoms. The smallest absolute Gasteiger partial charge is 0.277 e. The van der Waals surface area contributed by atoms with Crippen molar-refractivity contribution in [2.75, 3.05) is 5.32 Å². The molecule has 0 saturated carbocycles. The molecule has 0 spiro atoms. The van der Waals surface area contributed by atoms with Crippen molar-refractivity contribution >= 4 is 23.4 Å². The molecule has 0 aliphatic heterocycles. The molecule has 0 aliphatic rings. The molecule has 5 rings (SSSR count). The van der Waals surface area contributed by atoms with E-state index in [4.69, 9.17) is 9.26 Å². The number of amides is 1. The summed E-state index contributed by atoms with van der Waals surface area (Å²) in [5.74, 6) is 1.77. The molecule has 0 atom stereocenters. The first kappa shape index (κ1) is 26.3. The molecule has 0 unspecified atom stereocenters. The Kier molecular flexibility index (Phi) is 8.13. The summed E-state index contributed by atoms with van der Waals surface area (Å²) in [5.41, 5.74) is 7.88. The van der Waals surface area contributed by atoms with Crippen LogP contribution in [-0.2, 0) is 12.4 Å². The standard InChI is InChI=1S/C33H30N2O3S/c1-22-16-23(2)18-25(17-22)21-39-32-11-7-6-10-29(32)34-33(36)30-19-31(38-35-30)26-12-14-28(15-13-26)37-20-27-9-5-4-8-24(27)3/h4-19H,20-21H2,1-3H3,(H,34,36). The lowest BCUT2D eigenvalue weighted by atomic mass is 10.1. The molecule has 1 N–H and O–H groups in total. The van der Waals surface area contributed by atoms with Crippen molar-refractivity contribution in [3.8, 4) is 17.1 Å². The van der Waals surface area contributed by atoms with Gasteiger partial charge in [0, 0.05) is 22.3 Å². The van der Waals surface area contributed by atoms with Crippen LogP contribution in [0.25, 0.3) is 11.3 Å². The number of aromatic nitrogens is 1. The third kappa shape index (κ3) is 6.78. The van der Waals surface area contributed by atoms with Gasteiger partial charge in [-0.1, -0.05) is 70.9 Å². The van der Waals surface area contributed by atoms with Crippen LogP contribution in [0.3, 0.4) is 0 Å². The van der Waals surface area contributed by atoms with Gasteiger partial charge in [-0.25, -0.2) is 0 Å². The van der Waals surface area contributed by atoms with Crippen LogP contribution in [0, 0.1) is 20.8 Å². The Labute approximate surface area is 233 Å². The van der Waals surface area contributed by atoms with Crippen molar-refractivity contribution in [3.05, 3.63) is 131 Å². The van der Waals surface area contributed by atoms with Crippen LogP contribution >= 0.6 is 11.8 Å². The van der Waals surface area contributed by atoms with Gasteiger partial charge in [-0.2, -0.15) is 0 Å². The summed E-state index contributed by atoms with van der Waals surface area (Å²) in [6.45, 7) is 6.79. The first-order valence-corrected chi connectivity index (χ1v) is 13.8. The summed E-state index contributed by atoms with van der Waals surface area (Å²) in [6.07, 6.45) is 0. The van der Waals surface area contributed by atoms with Gasteiger partial charge in [-0.05, 0) is 73.9 Å². The second-order valence-electron chi connectivity index (χ2n) is 9.55. The molecule has 6 heteroatoms. The van der Waals surface area contributed by atoms with Crippen LogP contribution in [0.5, 0.6) is 5.75 Å². The molecule has 0 saturated heterocycles. The lowest BCUT2D eigenvalue weighted by Crippen LogP contribution is -2.12. The Morgan fingerprint density at radius 3 is 2.36 bits per heavy atom. The highest BCUT2D eigenvalue weighted by molar-refractivity contribution is 7.98. The molecule has 5 nitrogen and oxygen atoms in total. The third-order valence-electron chi connectivity index (χ3n) is 6.35. The Morgan fingerprint density at radius 1 is 0.872 bits per heavy atom. The fourth-order valence-corrected chi connectivity index (χ4v) is 5.30. The number of rotatable bonds is 9. The van der Waals surface area contributed by atoms with E-state index in [1.165, 1.54) is 22.3 Å². The fraction of sp³-hybridized carbons (Fsp3) is 0.152. The average molecular weight is 535 g/mol. The van der Waals surface area contributed by atoms with E-state index in [0.717, 1.165) is 33.2 Å². The molecule has 1 heterocycles. The SMILES string of the molecule is Cc1cc(C)cc(CSc2ccccc2NC(=O)c2cc(-c3ccc(OCc4ccccc4C)cc3)on2)c1. The molecule has 196 valence electrons. The minimum absolute atomic E-state index is 0.221. The maximum absolute atomic E-state index is 13.0. The third-order valence-corrected chi connectivity index (χ3v) is 7.49. The molecule has 5 aromatic rings. The zero-order valence-electron chi connectivity index (χ0n) is 22.2.